The maximum absolute atomic E-state index is 13.4. The van der Waals surface area contributed by atoms with Crippen LogP contribution in [0, 0.1) is 23.0 Å². The lowest BCUT2D eigenvalue weighted by Crippen LogP contribution is -2.13. The average Bonchev–Trinajstić information content (AvgIpc) is 2.48. The molecule has 0 spiro atoms. The Hall–Kier alpha value is -2.45. The van der Waals surface area contributed by atoms with Crippen molar-refractivity contribution in [3.63, 3.8) is 0 Å². The van der Waals surface area contributed by atoms with Gasteiger partial charge in [0.25, 0.3) is 0 Å². The highest BCUT2D eigenvalue weighted by Crippen LogP contribution is 2.13. The fourth-order valence-corrected chi connectivity index (χ4v) is 1.83. The van der Waals surface area contributed by atoms with E-state index in [0.29, 0.717) is 24.4 Å². The summed E-state index contributed by atoms with van der Waals surface area (Å²) in [5.41, 5.74) is 1.42. The third-order valence-electron chi connectivity index (χ3n) is 2.89. The summed E-state index contributed by atoms with van der Waals surface area (Å²) >= 11 is 0. The van der Waals surface area contributed by atoms with Gasteiger partial charge < -0.3 is 10.1 Å². The number of nitrogens with zero attached hydrogens (tertiary/aromatic N) is 1. The number of nitrogens with one attached hydrogen (secondary N) is 1. The Labute approximate surface area is 121 Å². The minimum Gasteiger partial charge on any atom is -0.479 e. The van der Waals surface area contributed by atoms with E-state index in [1.165, 1.54) is 12.1 Å². The Bertz CT molecular complexity index is 636. The SMILES string of the molecule is N#CCOc1ccc(CNCc2ccc(F)cc2F)cc1. The molecule has 5 heteroatoms. The standard InChI is InChI=1S/C16H14F2N2O/c17-14-4-3-13(16(18)9-14)11-20-10-12-1-5-15(6-2-12)21-8-7-19/h1-6,9,20H,8,10-11H2. The Morgan fingerprint density at radius 1 is 1.05 bits per heavy atom. The predicted molar refractivity (Wildman–Crippen MR) is 74.5 cm³/mol. The lowest BCUT2D eigenvalue weighted by Gasteiger charge is -2.07. The van der Waals surface area contributed by atoms with Crippen LogP contribution in [0.15, 0.2) is 42.5 Å². The number of halogens is 2. The topological polar surface area (TPSA) is 45.0 Å². The second-order valence-corrected chi connectivity index (χ2v) is 4.43. The molecule has 0 unspecified atom stereocenters. The number of hydrogen-bond acceptors (Lipinski definition) is 3. The van der Waals surface area contributed by atoms with Crippen LogP contribution >= 0.6 is 0 Å². The maximum atomic E-state index is 13.4. The average molecular weight is 288 g/mol. The Kier molecular flexibility index (Phi) is 5.24. The molecule has 0 bridgehead atoms. The van der Waals surface area contributed by atoms with Crippen molar-refractivity contribution in [2.75, 3.05) is 6.61 Å². The van der Waals surface area contributed by atoms with Gasteiger partial charge in [-0.15, -0.1) is 0 Å². The maximum Gasteiger partial charge on any atom is 0.174 e. The van der Waals surface area contributed by atoms with E-state index in [9.17, 15) is 8.78 Å². The first-order valence-corrected chi connectivity index (χ1v) is 6.42. The summed E-state index contributed by atoms with van der Waals surface area (Å²) in [4.78, 5) is 0. The smallest absolute Gasteiger partial charge is 0.174 e. The van der Waals surface area contributed by atoms with Gasteiger partial charge in [0.2, 0.25) is 0 Å². The molecule has 0 saturated carbocycles. The van der Waals surface area contributed by atoms with Gasteiger partial charge in [0, 0.05) is 24.7 Å². The van der Waals surface area contributed by atoms with E-state index in [-0.39, 0.29) is 6.61 Å². The van der Waals surface area contributed by atoms with Crippen LogP contribution in [0.3, 0.4) is 0 Å². The highest BCUT2D eigenvalue weighted by atomic mass is 19.1. The van der Waals surface area contributed by atoms with Crippen molar-refractivity contribution in [2.45, 2.75) is 13.1 Å². The zero-order valence-corrected chi connectivity index (χ0v) is 11.3. The van der Waals surface area contributed by atoms with Gasteiger partial charge in [-0.3, -0.25) is 0 Å². The first-order valence-electron chi connectivity index (χ1n) is 6.42. The molecule has 0 fully saturated rings. The molecule has 21 heavy (non-hydrogen) atoms. The molecule has 0 saturated heterocycles. The number of rotatable bonds is 6. The summed E-state index contributed by atoms with van der Waals surface area (Å²) in [6.45, 7) is 0.885. The lowest BCUT2D eigenvalue weighted by atomic mass is 10.2. The van der Waals surface area contributed by atoms with E-state index in [4.69, 9.17) is 10.00 Å². The van der Waals surface area contributed by atoms with Crippen LogP contribution in [0.1, 0.15) is 11.1 Å². The zero-order valence-electron chi connectivity index (χ0n) is 11.3. The van der Waals surface area contributed by atoms with Gasteiger partial charge in [-0.1, -0.05) is 18.2 Å². The molecule has 3 nitrogen and oxygen atoms in total. The van der Waals surface area contributed by atoms with Gasteiger partial charge in [0.15, 0.2) is 6.61 Å². The summed E-state index contributed by atoms with van der Waals surface area (Å²) in [7, 11) is 0. The minimum absolute atomic E-state index is 0.0153. The molecule has 2 rings (SSSR count). The number of benzene rings is 2. The van der Waals surface area contributed by atoms with Crippen molar-refractivity contribution in [3.05, 3.63) is 65.2 Å². The Morgan fingerprint density at radius 3 is 2.48 bits per heavy atom. The Balaban J connectivity index is 1.84. The fourth-order valence-electron chi connectivity index (χ4n) is 1.83. The molecule has 0 atom stereocenters. The molecule has 108 valence electrons. The van der Waals surface area contributed by atoms with Crippen LogP contribution in [-0.4, -0.2) is 6.61 Å². The third-order valence-corrected chi connectivity index (χ3v) is 2.89. The molecule has 0 radical (unpaired) electrons. The van der Waals surface area contributed by atoms with Crippen molar-refractivity contribution < 1.29 is 13.5 Å². The highest BCUT2D eigenvalue weighted by Gasteiger charge is 2.03. The molecular formula is C16H14F2N2O. The Morgan fingerprint density at radius 2 is 1.81 bits per heavy atom. The first kappa shape index (κ1) is 14.9. The van der Waals surface area contributed by atoms with Gasteiger partial charge in [0.1, 0.15) is 23.5 Å². The van der Waals surface area contributed by atoms with Crippen molar-refractivity contribution in [1.29, 1.82) is 5.26 Å². The van der Waals surface area contributed by atoms with Crippen molar-refractivity contribution in [1.82, 2.24) is 5.32 Å². The minimum atomic E-state index is -0.579. The second kappa shape index (κ2) is 7.36. The van der Waals surface area contributed by atoms with Crippen molar-refractivity contribution in [2.24, 2.45) is 0 Å². The monoisotopic (exact) mass is 288 g/mol. The first-order chi connectivity index (χ1) is 10.2. The molecule has 1 N–H and O–H groups in total. The highest BCUT2D eigenvalue weighted by molar-refractivity contribution is 5.27. The van der Waals surface area contributed by atoms with Gasteiger partial charge in [-0.05, 0) is 23.8 Å². The van der Waals surface area contributed by atoms with Crippen LogP contribution in [0.5, 0.6) is 5.75 Å². The van der Waals surface area contributed by atoms with Gasteiger partial charge >= 0.3 is 0 Å². The van der Waals surface area contributed by atoms with Crippen molar-refractivity contribution >= 4 is 0 Å². The van der Waals surface area contributed by atoms with Gasteiger partial charge in [0.05, 0.1) is 0 Å². The quantitative estimate of drug-likeness (QED) is 0.888. The normalized spacial score (nSPS) is 10.1. The van der Waals surface area contributed by atoms with Gasteiger partial charge in [-0.2, -0.15) is 5.26 Å². The molecule has 0 aromatic heterocycles. The summed E-state index contributed by atoms with van der Waals surface area (Å²) < 4.78 is 31.3. The molecule has 0 heterocycles. The number of nitriles is 1. The second-order valence-electron chi connectivity index (χ2n) is 4.43. The van der Waals surface area contributed by atoms with E-state index < -0.39 is 11.6 Å². The van der Waals surface area contributed by atoms with Gasteiger partial charge in [-0.25, -0.2) is 8.78 Å². The van der Waals surface area contributed by atoms with Crippen LogP contribution in [0.4, 0.5) is 8.78 Å². The molecule has 2 aromatic rings. The third kappa shape index (κ3) is 4.55. The molecule has 2 aromatic carbocycles. The molecule has 0 aliphatic heterocycles. The van der Waals surface area contributed by atoms with Crippen LogP contribution < -0.4 is 10.1 Å². The van der Waals surface area contributed by atoms with Crippen molar-refractivity contribution in [3.8, 4) is 11.8 Å². The predicted octanol–water partition coefficient (Wildman–Crippen LogP) is 3.16. The van der Waals surface area contributed by atoms with E-state index >= 15 is 0 Å². The largest absolute Gasteiger partial charge is 0.479 e. The molecule has 0 amide bonds. The number of ether oxygens (including phenoxy) is 1. The molecule has 0 aliphatic rings. The molecular weight excluding hydrogens is 274 g/mol. The van der Waals surface area contributed by atoms with Crippen LogP contribution in [0.25, 0.3) is 0 Å². The van der Waals surface area contributed by atoms with E-state index in [1.807, 2.05) is 18.2 Å². The summed E-state index contributed by atoms with van der Waals surface area (Å²) in [5, 5.41) is 11.5. The van der Waals surface area contributed by atoms with E-state index in [1.54, 1.807) is 12.1 Å². The van der Waals surface area contributed by atoms with E-state index in [2.05, 4.69) is 5.32 Å². The van der Waals surface area contributed by atoms with E-state index in [0.717, 1.165) is 11.6 Å². The zero-order chi connectivity index (χ0) is 15.1. The van der Waals surface area contributed by atoms with Crippen LogP contribution in [-0.2, 0) is 13.1 Å². The summed E-state index contributed by atoms with van der Waals surface area (Å²) in [6.07, 6.45) is 0. The lowest BCUT2D eigenvalue weighted by molar-refractivity contribution is 0.368. The number of hydrogen-bond donors (Lipinski definition) is 1. The fraction of sp³-hybridized carbons (Fsp3) is 0.188. The summed E-state index contributed by atoms with van der Waals surface area (Å²) in [6, 6.07) is 12.7. The summed E-state index contributed by atoms with van der Waals surface area (Å²) in [5.74, 6) is -0.503. The molecule has 0 aliphatic carbocycles. The van der Waals surface area contributed by atoms with Crippen LogP contribution in [0.2, 0.25) is 0 Å².